The zero-order valence-electron chi connectivity index (χ0n) is 6.95. The van der Waals surface area contributed by atoms with Crippen LogP contribution in [0, 0.1) is 18.6 Å². The highest BCUT2D eigenvalue weighted by Crippen LogP contribution is 2.38. The molecule has 0 atom stereocenters. The summed E-state index contributed by atoms with van der Waals surface area (Å²) in [6, 6.07) is 1.28. The lowest BCUT2D eigenvalue weighted by atomic mass is 10.2. The van der Waals surface area contributed by atoms with Crippen molar-refractivity contribution < 1.29 is 22.0 Å². The van der Waals surface area contributed by atoms with Crippen LogP contribution in [0.25, 0.3) is 0 Å². The first kappa shape index (κ1) is 11.3. The molecule has 0 nitrogen and oxygen atoms in total. The first-order chi connectivity index (χ1) is 6.29. The monoisotopic (exact) mass is 228 g/mol. The van der Waals surface area contributed by atoms with Gasteiger partial charge in [-0.25, -0.2) is 8.78 Å². The first-order valence-corrected chi connectivity index (χ1v) is 4.32. The van der Waals surface area contributed by atoms with Crippen LogP contribution in [0.1, 0.15) is 5.56 Å². The third-order valence-electron chi connectivity index (χ3n) is 1.44. The van der Waals surface area contributed by atoms with Gasteiger partial charge in [0.15, 0.2) is 0 Å². The molecule has 0 aliphatic rings. The third kappa shape index (κ3) is 2.87. The van der Waals surface area contributed by atoms with Crippen molar-refractivity contribution in [2.45, 2.75) is 17.3 Å². The Balaban J connectivity index is 3.04. The molecule has 0 amide bonds. The molecule has 0 bridgehead atoms. The number of hydrogen-bond acceptors (Lipinski definition) is 1. The number of rotatable bonds is 1. The van der Waals surface area contributed by atoms with Crippen LogP contribution in [-0.2, 0) is 0 Å². The molecule has 1 rings (SSSR count). The lowest BCUT2D eigenvalue weighted by molar-refractivity contribution is -0.0329. The minimum absolute atomic E-state index is 0.0156. The normalized spacial score (nSPS) is 11.9. The number of hydrogen-bond donors (Lipinski definition) is 0. The second kappa shape index (κ2) is 3.76. The molecular formula is C8H5F5S. The number of alkyl halides is 3. The third-order valence-corrected chi connectivity index (χ3v) is 2.20. The molecule has 0 aliphatic heterocycles. The van der Waals surface area contributed by atoms with Crippen molar-refractivity contribution in [3.63, 3.8) is 0 Å². The van der Waals surface area contributed by atoms with E-state index in [-0.39, 0.29) is 5.56 Å². The lowest BCUT2D eigenvalue weighted by Crippen LogP contribution is -2.01. The van der Waals surface area contributed by atoms with E-state index in [9.17, 15) is 22.0 Å². The highest BCUT2D eigenvalue weighted by Gasteiger charge is 2.31. The van der Waals surface area contributed by atoms with Gasteiger partial charge in [-0.3, -0.25) is 0 Å². The summed E-state index contributed by atoms with van der Waals surface area (Å²) >= 11 is -0.591. The molecule has 0 fully saturated rings. The summed E-state index contributed by atoms with van der Waals surface area (Å²) in [5, 5.41) is 0. The molecule has 1 aromatic rings. The predicted octanol–water partition coefficient (Wildman–Crippen LogP) is 3.89. The molecule has 0 saturated carbocycles. The average Bonchev–Trinajstić information content (AvgIpc) is 1.97. The van der Waals surface area contributed by atoms with Gasteiger partial charge in [-0.1, -0.05) is 0 Å². The average molecular weight is 228 g/mol. The molecule has 1 aromatic carbocycles. The molecule has 6 heteroatoms. The second-order valence-electron chi connectivity index (χ2n) is 2.58. The van der Waals surface area contributed by atoms with Gasteiger partial charge < -0.3 is 0 Å². The number of thioether (sulfide) groups is 1. The fraction of sp³-hybridized carbons (Fsp3) is 0.250. The van der Waals surface area contributed by atoms with Gasteiger partial charge in [-0.15, -0.1) is 0 Å². The fourth-order valence-corrected chi connectivity index (χ4v) is 1.48. The van der Waals surface area contributed by atoms with Crippen LogP contribution in [0.2, 0.25) is 0 Å². The smallest absolute Gasteiger partial charge is 0.207 e. The van der Waals surface area contributed by atoms with Crippen molar-refractivity contribution in [1.29, 1.82) is 0 Å². The summed E-state index contributed by atoms with van der Waals surface area (Å²) < 4.78 is 61.0. The Bertz CT molecular complexity index is 344. The first-order valence-electron chi connectivity index (χ1n) is 3.51. The van der Waals surface area contributed by atoms with E-state index < -0.39 is 33.8 Å². The van der Waals surface area contributed by atoms with Gasteiger partial charge in [0.05, 0.1) is 4.90 Å². The Kier molecular flexibility index (Phi) is 3.04. The Morgan fingerprint density at radius 1 is 1.07 bits per heavy atom. The van der Waals surface area contributed by atoms with Gasteiger partial charge in [0.1, 0.15) is 11.6 Å². The summed E-state index contributed by atoms with van der Waals surface area (Å²) in [6.07, 6.45) is 0. The van der Waals surface area contributed by atoms with E-state index in [0.717, 1.165) is 6.07 Å². The van der Waals surface area contributed by atoms with Crippen molar-refractivity contribution in [2.75, 3.05) is 0 Å². The van der Waals surface area contributed by atoms with Gasteiger partial charge in [-0.2, -0.15) is 13.2 Å². The molecule has 0 spiro atoms. The highest BCUT2D eigenvalue weighted by molar-refractivity contribution is 8.00. The zero-order chi connectivity index (χ0) is 10.9. The molecular weight excluding hydrogens is 223 g/mol. The predicted molar refractivity (Wildman–Crippen MR) is 43.0 cm³/mol. The SMILES string of the molecule is Cc1cc(SC(F)(F)F)c(F)cc1F. The van der Waals surface area contributed by atoms with Crippen LogP contribution in [0.3, 0.4) is 0 Å². The van der Waals surface area contributed by atoms with E-state index >= 15 is 0 Å². The van der Waals surface area contributed by atoms with Crippen molar-refractivity contribution in [1.82, 2.24) is 0 Å². The number of benzene rings is 1. The molecule has 0 saturated heterocycles. The van der Waals surface area contributed by atoms with E-state index in [0.29, 0.717) is 6.07 Å². The van der Waals surface area contributed by atoms with Gasteiger partial charge in [0.2, 0.25) is 0 Å². The number of aryl methyl sites for hydroxylation is 1. The summed E-state index contributed by atoms with van der Waals surface area (Å²) in [4.78, 5) is -0.614. The quantitative estimate of drug-likeness (QED) is 0.519. The molecule has 14 heavy (non-hydrogen) atoms. The maximum Gasteiger partial charge on any atom is 0.446 e. The van der Waals surface area contributed by atoms with Crippen molar-refractivity contribution in [3.05, 3.63) is 29.3 Å². The van der Waals surface area contributed by atoms with Crippen molar-refractivity contribution >= 4 is 11.8 Å². The van der Waals surface area contributed by atoms with Crippen LogP contribution in [0.15, 0.2) is 17.0 Å². The van der Waals surface area contributed by atoms with Crippen LogP contribution in [0.5, 0.6) is 0 Å². The Morgan fingerprint density at radius 3 is 2.14 bits per heavy atom. The molecule has 0 radical (unpaired) electrons. The van der Waals surface area contributed by atoms with E-state index in [2.05, 4.69) is 0 Å². The van der Waals surface area contributed by atoms with Crippen molar-refractivity contribution in [3.8, 4) is 0 Å². The number of halogens is 5. The standard InChI is InChI=1S/C8H5F5S/c1-4-2-7(14-8(11,12)13)6(10)3-5(4)9/h2-3H,1H3. The minimum atomic E-state index is -4.56. The molecule has 78 valence electrons. The Morgan fingerprint density at radius 2 is 1.64 bits per heavy atom. The van der Waals surface area contributed by atoms with Crippen LogP contribution in [0.4, 0.5) is 22.0 Å². The van der Waals surface area contributed by atoms with Gasteiger partial charge in [0.25, 0.3) is 0 Å². The fourth-order valence-electron chi connectivity index (χ4n) is 0.834. The second-order valence-corrected chi connectivity index (χ2v) is 3.69. The maximum atomic E-state index is 12.8. The summed E-state index contributed by atoms with van der Waals surface area (Å²) in [7, 11) is 0. The van der Waals surface area contributed by atoms with Gasteiger partial charge in [-0.05, 0) is 30.3 Å². The summed E-state index contributed by atoms with van der Waals surface area (Å²) in [6.45, 7) is 1.27. The van der Waals surface area contributed by atoms with Crippen molar-refractivity contribution in [2.24, 2.45) is 0 Å². The Hall–Kier alpha value is -0.780. The van der Waals surface area contributed by atoms with Gasteiger partial charge in [0, 0.05) is 6.07 Å². The van der Waals surface area contributed by atoms with Gasteiger partial charge >= 0.3 is 5.51 Å². The van der Waals surface area contributed by atoms with E-state index in [4.69, 9.17) is 0 Å². The largest absolute Gasteiger partial charge is 0.446 e. The Labute approximate surface area is 81.1 Å². The lowest BCUT2D eigenvalue weighted by Gasteiger charge is -2.07. The van der Waals surface area contributed by atoms with Crippen LogP contribution in [-0.4, -0.2) is 5.51 Å². The van der Waals surface area contributed by atoms with E-state index in [1.54, 1.807) is 0 Å². The topological polar surface area (TPSA) is 0 Å². The molecule has 0 N–H and O–H groups in total. The minimum Gasteiger partial charge on any atom is -0.207 e. The molecule has 0 unspecified atom stereocenters. The van der Waals surface area contributed by atoms with E-state index in [1.165, 1.54) is 6.92 Å². The zero-order valence-corrected chi connectivity index (χ0v) is 7.77. The molecule has 0 aliphatic carbocycles. The van der Waals surface area contributed by atoms with Crippen LogP contribution >= 0.6 is 11.8 Å². The molecule has 0 heterocycles. The summed E-state index contributed by atoms with van der Waals surface area (Å²) in [5.74, 6) is -2.05. The maximum absolute atomic E-state index is 12.8. The molecule has 0 aromatic heterocycles. The highest BCUT2D eigenvalue weighted by atomic mass is 32.2. The van der Waals surface area contributed by atoms with E-state index in [1.807, 2.05) is 0 Å². The van der Waals surface area contributed by atoms with Crippen LogP contribution < -0.4 is 0 Å². The summed E-state index contributed by atoms with van der Waals surface area (Å²) in [5.41, 5.74) is -4.58.